The van der Waals surface area contributed by atoms with Gasteiger partial charge in [0.05, 0.1) is 10.5 Å². The molecule has 82 valence electrons. The fraction of sp³-hybridized carbons (Fsp3) is 0.818. The quantitative estimate of drug-likeness (QED) is 0.336. The van der Waals surface area contributed by atoms with Gasteiger partial charge in [0.25, 0.3) is 0 Å². The van der Waals surface area contributed by atoms with Gasteiger partial charge in [-0.05, 0) is 18.8 Å². The Morgan fingerprint density at radius 1 is 1.57 bits per heavy atom. The lowest BCUT2D eigenvalue weighted by atomic mass is 9.88. The molecule has 0 aliphatic heterocycles. The van der Waals surface area contributed by atoms with Crippen LogP contribution >= 0.6 is 22.6 Å². The molecule has 1 rings (SSSR count). The van der Waals surface area contributed by atoms with Gasteiger partial charge in [-0.15, -0.1) is 0 Å². The summed E-state index contributed by atoms with van der Waals surface area (Å²) in [5.41, 5.74) is 0.223. The van der Waals surface area contributed by atoms with Crippen molar-refractivity contribution in [3.63, 3.8) is 0 Å². The Morgan fingerprint density at radius 2 is 2.29 bits per heavy atom. The standard InChI is InChI=1S/C11H19IO2/c1-4-13-10(8-12)14-9-6-5-7-11(9,2)3/h5-6,9-10H,4,7-8H2,1-3H3. The zero-order chi connectivity index (χ0) is 10.6. The normalized spacial score (nSPS) is 26.7. The van der Waals surface area contributed by atoms with Gasteiger partial charge in [-0.3, -0.25) is 0 Å². The SMILES string of the molecule is CCOC(CI)OC1C=CCC1(C)C. The number of alkyl halides is 1. The minimum atomic E-state index is -0.0624. The largest absolute Gasteiger partial charge is 0.352 e. The van der Waals surface area contributed by atoms with Crippen LogP contribution in [0.5, 0.6) is 0 Å². The molecule has 2 atom stereocenters. The number of hydrogen-bond acceptors (Lipinski definition) is 2. The molecule has 0 bridgehead atoms. The van der Waals surface area contributed by atoms with Gasteiger partial charge in [0.2, 0.25) is 0 Å². The predicted molar refractivity (Wildman–Crippen MR) is 66.7 cm³/mol. The highest BCUT2D eigenvalue weighted by molar-refractivity contribution is 14.1. The van der Waals surface area contributed by atoms with Crippen LogP contribution in [-0.2, 0) is 9.47 Å². The molecule has 0 heterocycles. The van der Waals surface area contributed by atoms with Crippen LogP contribution in [0.2, 0.25) is 0 Å². The summed E-state index contributed by atoms with van der Waals surface area (Å²) in [7, 11) is 0. The molecular weight excluding hydrogens is 291 g/mol. The monoisotopic (exact) mass is 310 g/mol. The molecule has 0 spiro atoms. The highest BCUT2D eigenvalue weighted by atomic mass is 127. The maximum atomic E-state index is 5.90. The van der Waals surface area contributed by atoms with Gasteiger partial charge in [-0.25, -0.2) is 0 Å². The minimum absolute atomic E-state index is 0.0624. The molecule has 0 N–H and O–H groups in total. The third-order valence-electron chi connectivity index (χ3n) is 2.50. The van der Waals surface area contributed by atoms with Crippen LogP contribution < -0.4 is 0 Å². The van der Waals surface area contributed by atoms with Crippen LogP contribution in [0.3, 0.4) is 0 Å². The molecule has 2 unspecified atom stereocenters. The van der Waals surface area contributed by atoms with Crippen LogP contribution in [0.1, 0.15) is 27.2 Å². The summed E-state index contributed by atoms with van der Waals surface area (Å²) in [6.07, 6.45) is 5.58. The molecule has 0 aromatic carbocycles. The molecule has 0 fully saturated rings. The van der Waals surface area contributed by atoms with Crippen molar-refractivity contribution < 1.29 is 9.47 Å². The van der Waals surface area contributed by atoms with E-state index in [2.05, 4.69) is 48.6 Å². The van der Waals surface area contributed by atoms with E-state index in [0.717, 1.165) is 10.8 Å². The summed E-state index contributed by atoms with van der Waals surface area (Å²) in [4.78, 5) is 0. The summed E-state index contributed by atoms with van der Waals surface area (Å²) in [6.45, 7) is 7.17. The fourth-order valence-electron chi connectivity index (χ4n) is 1.57. The van der Waals surface area contributed by atoms with Crippen molar-refractivity contribution in [2.45, 2.75) is 39.6 Å². The molecule has 2 nitrogen and oxygen atoms in total. The molecule has 1 aliphatic rings. The fourth-order valence-corrected chi connectivity index (χ4v) is 2.03. The summed E-state index contributed by atoms with van der Waals surface area (Å²) in [5, 5.41) is 0. The van der Waals surface area contributed by atoms with Crippen LogP contribution in [0.25, 0.3) is 0 Å². The highest BCUT2D eigenvalue weighted by Gasteiger charge is 2.33. The van der Waals surface area contributed by atoms with Crippen LogP contribution in [0, 0.1) is 5.41 Å². The molecule has 0 saturated carbocycles. The van der Waals surface area contributed by atoms with Crippen LogP contribution in [0.4, 0.5) is 0 Å². The molecule has 1 aliphatic carbocycles. The first-order valence-corrected chi connectivity index (χ1v) is 6.62. The molecule has 0 saturated heterocycles. The first kappa shape index (κ1) is 12.5. The molecule has 14 heavy (non-hydrogen) atoms. The molecule has 0 aromatic rings. The summed E-state index contributed by atoms with van der Waals surface area (Å²) >= 11 is 2.30. The smallest absolute Gasteiger partial charge is 0.167 e. The van der Waals surface area contributed by atoms with Gasteiger partial charge in [0.1, 0.15) is 0 Å². The van der Waals surface area contributed by atoms with Gasteiger partial charge in [0, 0.05) is 6.61 Å². The molecule has 3 heteroatoms. The minimum Gasteiger partial charge on any atom is -0.352 e. The maximum absolute atomic E-state index is 5.90. The lowest BCUT2D eigenvalue weighted by Crippen LogP contribution is -2.32. The molecule has 0 radical (unpaired) electrons. The van der Waals surface area contributed by atoms with Crippen molar-refractivity contribution in [1.29, 1.82) is 0 Å². The Labute approximate surface area is 100 Å². The number of hydrogen-bond donors (Lipinski definition) is 0. The van der Waals surface area contributed by atoms with E-state index in [1.54, 1.807) is 0 Å². The number of rotatable bonds is 5. The van der Waals surface area contributed by atoms with Crippen molar-refractivity contribution in [2.24, 2.45) is 5.41 Å². The van der Waals surface area contributed by atoms with Gasteiger partial charge in [-0.1, -0.05) is 48.6 Å². The zero-order valence-electron chi connectivity index (χ0n) is 9.13. The second-order valence-electron chi connectivity index (χ2n) is 4.22. The summed E-state index contributed by atoms with van der Waals surface area (Å²) in [6, 6.07) is 0. The topological polar surface area (TPSA) is 18.5 Å². The molecule has 0 aromatic heterocycles. The van der Waals surface area contributed by atoms with E-state index in [4.69, 9.17) is 9.47 Å². The maximum Gasteiger partial charge on any atom is 0.167 e. The summed E-state index contributed by atoms with van der Waals surface area (Å²) < 4.78 is 12.3. The molecular formula is C11H19IO2. The number of ether oxygens (including phenoxy) is 2. The van der Waals surface area contributed by atoms with Crippen LogP contribution in [-0.4, -0.2) is 23.4 Å². The van der Waals surface area contributed by atoms with Crippen molar-refractivity contribution in [3.05, 3.63) is 12.2 Å². The average Bonchev–Trinajstić information content (AvgIpc) is 2.45. The third-order valence-corrected chi connectivity index (χ3v) is 3.22. The van der Waals surface area contributed by atoms with Gasteiger partial charge in [-0.2, -0.15) is 0 Å². The van der Waals surface area contributed by atoms with Crippen molar-refractivity contribution in [2.75, 3.05) is 11.0 Å². The Hall–Kier alpha value is 0.390. The number of halogens is 1. The predicted octanol–water partition coefficient (Wildman–Crippen LogP) is 3.16. The van der Waals surface area contributed by atoms with Gasteiger partial charge >= 0.3 is 0 Å². The van der Waals surface area contributed by atoms with E-state index >= 15 is 0 Å². The van der Waals surface area contributed by atoms with E-state index < -0.39 is 0 Å². The van der Waals surface area contributed by atoms with E-state index in [1.165, 1.54) is 0 Å². The lowest BCUT2D eigenvalue weighted by molar-refractivity contribution is -0.161. The lowest BCUT2D eigenvalue weighted by Gasteiger charge is -2.30. The molecule has 0 amide bonds. The van der Waals surface area contributed by atoms with E-state index in [0.29, 0.717) is 6.61 Å². The Kier molecular flexibility index (Phi) is 4.87. The van der Waals surface area contributed by atoms with E-state index in [1.807, 2.05) is 6.92 Å². The van der Waals surface area contributed by atoms with Crippen molar-refractivity contribution in [1.82, 2.24) is 0 Å². The Balaban J connectivity index is 2.45. The van der Waals surface area contributed by atoms with E-state index in [9.17, 15) is 0 Å². The Morgan fingerprint density at radius 3 is 2.71 bits per heavy atom. The number of allylic oxidation sites excluding steroid dienone is 1. The van der Waals surface area contributed by atoms with Gasteiger partial charge < -0.3 is 9.47 Å². The van der Waals surface area contributed by atoms with Crippen LogP contribution in [0.15, 0.2) is 12.2 Å². The van der Waals surface area contributed by atoms with Crippen molar-refractivity contribution >= 4 is 22.6 Å². The Bertz CT molecular complexity index is 201. The second kappa shape index (κ2) is 5.47. The first-order chi connectivity index (χ1) is 6.60. The average molecular weight is 310 g/mol. The first-order valence-electron chi connectivity index (χ1n) is 5.10. The highest BCUT2D eigenvalue weighted by Crippen LogP contribution is 2.35. The van der Waals surface area contributed by atoms with Gasteiger partial charge in [0.15, 0.2) is 6.29 Å². The van der Waals surface area contributed by atoms with Crippen molar-refractivity contribution in [3.8, 4) is 0 Å². The zero-order valence-corrected chi connectivity index (χ0v) is 11.3. The van der Waals surface area contributed by atoms with E-state index in [-0.39, 0.29) is 17.8 Å². The third kappa shape index (κ3) is 3.21. The second-order valence-corrected chi connectivity index (χ2v) is 5.10. The summed E-state index contributed by atoms with van der Waals surface area (Å²) in [5.74, 6) is 0.